The number of piperidine rings is 2. The molecule has 0 spiro atoms. The number of hydrogen-bond donors (Lipinski definition) is 3. The number of anilines is 2. The molecule has 1 saturated carbocycles. The molecule has 4 aliphatic rings. The fraction of sp³-hybridized carbons (Fsp3) is 0.357. The number of amides is 5. The number of imidazole rings is 1. The van der Waals surface area contributed by atoms with Gasteiger partial charge in [-0.05, 0) is 93.0 Å². The van der Waals surface area contributed by atoms with E-state index in [1.165, 1.54) is 0 Å². The first kappa shape index (κ1) is 36.9. The Kier molecular flexibility index (Phi) is 9.75. The van der Waals surface area contributed by atoms with Crippen molar-refractivity contribution >= 4 is 52.2 Å². The van der Waals surface area contributed by atoms with Gasteiger partial charge in [-0.1, -0.05) is 18.2 Å². The van der Waals surface area contributed by atoms with Crippen LogP contribution in [0.2, 0.25) is 0 Å². The molecular formula is C42H42N10O6. The van der Waals surface area contributed by atoms with E-state index >= 15 is 0 Å². The predicted octanol–water partition coefficient (Wildman–Crippen LogP) is 3.97. The van der Waals surface area contributed by atoms with Crippen LogP contribution in [0.3, 0.4) is 0 Å². The maximum atomic E-state index is 13.3. The molecule has 9 rings (SSSR count). The van der Waals surface area contributed by atoms with Crippen LogP contribution in [0.15, 0.2) is 73.3 Å². The minimum atomic E-state index is -0.982. The largest absolute Gasteiger partial charge is 0.493 e. The van der Waals surface area contributed by atoms with Gasteiger partial charge in [0.15, 0.2) is 11.5 Å². The summed E-state index contributed by atoms with van der Waals surface area (Å²) in [6, 6.07) is 17.9. The number of imide groups is 2. The van der Waals surface area contributed by atoms with E-state index in [4.69, 9.17) is 4.74 Å². The quantitative estimate of drug-likeness (QED) is 0.164. The third-order valence-electron chi connectivity index (χ3n) is 11.6. The molecule has 5 aromatic rings. The number of fused-ring (bicyclic) bond motifs is 2. The summed E-state index contributed by atoms with van der Waals surface area (Å²) in [7, 11) is 0. The lowest BCUT2D eigenvalue weighted by Gasteiger charge is -2.36. The number of carbonyl (C=O) groups is 5. The molecule has 16 nitrogen and oxygen atoms in total. The second-order valence-corrected chi connectivity index (χ2v) is 15.4. The van der Waals surface area contributed by atoms with Crippen molar-refractivity contribution in [3.8, 4) is 5.75 Å². The van der Waals surface area contributed by atoms with E-state index in [2.05, 4.69) is 45.4 Å². The summed E-state index contributed by atoms with van der Waals surface area (Å²) >= 11 is 0. The van der Waals surface area contributed by atoms with Gasteiger partial charge in [-0.2, -0.15) is 0 Å². The van der Waals surface area contributed by atoms with Crippen molar-refractivity contribution < 1.29 is 28.7 Å². The molecule has 5 amide bonds. The number of aromatic nitrogens is 5. The van der Waals surface area contributed by atoms with Crippen molar-refractivity contribution in [1.82, 2.24) is 40.0 Å². The molecule has 0 radical (unpaired) electrons. The Morgan fingerprint density at radius 3 is 2.48 bits per heavy atom. The van der Waals surface area contributed by atoms with Gasteiger partial charge in [-0.3, -0.25) is 34.2 Å². The second kappa shape index (κ2) is 15.3. The highest BCUT2D eigenvalue weighted by molar-refractivity contribution is 6.23. The van der Waals surface area contributed by atoms with Gasteiger partial charge in [0.25, 0.3) is 17.7 Å². The first-order valence-corrected chi connectivity index (χ1v) is 19.7. The number of aryl methyl sites for hydroxylation is 1. The third kappa shape index (κ3) is 7.21. The minimum absolute atomic E-state index is 0.0610. The van der Waals surface area contributed by atoms with Gasteiger partial charge in [0.1, 0.15) is 29.3 Å². The molecule has 16 heteroatoms. The van der Waals surface area contributed by atoms with Gasteiger partial charge in [0, 0.05) is 49.5 Å². The molecule has 3 N–H and O–H groups in total. The lowest BCUT2D eigenvalue weighted by atomic mass is 9.86. The average Bonchev–Trinajstić information content (AvgIpc) is 3.75. The van der Waals surface area contributed by atoms with E-state index in [0.717, 1.165) is 72.0 Å². The number of nitrogens with one attached hydrogen (secondary N) is 3. The molecule has 1 aliphatic carbocycles. The van der Waals surface area contributed by atoms with E-state index in [-0.39, 0.29) is 42.0 Å². The van der Waals surface area contributed by atoms with Crippen LogP contribution in [0.25, 0.3) is 11.2 Å². The standard InChI is InChI=1S/C42H42N10O6/c1-24-3-2-4-33(47-24)39(54)48-27-17-29(18-27)51-23-46-36-37(44-22-45-38(36)51)43-20-25-5-8-30(9-6-25)58-21-26-13-15-50(16-14-26)28-7-10-31-32(19-28)42(57)52(41(31)56)34-11-12-35(53)49-40(34)55/h2-10,19,22-23,26-27,29,34H,11-18,20-21H2,1H3,(H,48,54)(H,43,44,45)(H,49,53,55). The molecule has 296 valence electrons. The first-order valence-electron chi connectivity index (χ1n) is 19.7. The Labute approximate surface area is 333 Å². The summed E-state index contributed by atoms with van der Waals surface area (Å²) in [6.45, 7) is 4.54. The molecule has 1 unspecified atom stereocenters. The number of hydrogen-bond acceptors (Lipinski definition) is 12. The Morgan fingerprint density at radius 1 is 0.914 bits per heavy atom. The number of ether oxygens (including phenoxy) is 1. The summed E-state index contributed by atoms with van der Waals surface area (Å²) in [5, 5.41) is 8.72. The first-order chi connectivity index (χ1) is 28.2. The highest BCUT2D eigenvalue weighted by Gasteiger charge is 2.45. The molecule has 2 saturated heterocycles. The van der Waals surface area contributed by atoms with Gasteiger partial charge in [-0.25, -0.2) is 19.9 Å². The average molecular weight is 783 g/mol. The van der Waals surface area contributed by atoms with Crippen LogP contribution in [-0.2, 0) is 16.1 Å². The smallest absolute Gasteiger partial charge is 0.270 e. The Balaban J connectivity index is 0.732. The zero-order chi connectivity index (χ0) is 39.9. The zero-order valence-electron chi connectivity index (χ0n) is 31.9. The highest BCUT2D eigenvalue weighted by atomic mass is 16.5. The second-order valence-electron chi connectivity index (χ2n) is 15.4. The highest BCUT2D eigenvalue weighted by Crippen LogP contribution is 2.36. The van der Waals surface area contributed by atoms with Crippen LogP contribution in [0.1, 0.15) is 87.0 Å². The Bertz CT molecular complexity index is 2440. The summed E-state index contributed by atoms with van der Waals surface area (Å²) in [4.78, 5) is 84.2. The van der Waals surface area contributed by atoms with Crippen molar-refractivity contribution in [2.45, 2.75) is 70.1 Å². The van der Waals surface area contributed by atoms with Gasteiger partial charge in [0.05, 0.1) is 24.1 Å². The maximum Gasteiger partial charge on any atom is 0.270 e. The molecule has 6 heterocycles. The predicted molar refractivity (Wildman–Crippen MR) is 211 cm³/mol. The van der Waals surface area contributed by atoms with Crippen molar-refractivity contribution in [2.75, 3.05) is 29.9 Å². The lowest BCUT2D eigenvalue weighted by Crippen LogP contribution is -2.54. The van der Waals surface area contributed by atoms with E-state index < -0.39 is 29.7 Å². The molecule has 3 aromatic heterocycles. The summed E-state index contributed by atoms with van der Waals surface area (Å²) in [5.41, 5.74) is 5.16. The fourth-order valence-electron chi connectivity index (χ4n) is 8.23. The third-order valence-corrected chi connectivity index (χ3v) is 11.6. The van der Waals surface area contributed by atoms with E-state index in [1.807, 2.05) is 49.4 Å². The number of nitrogens with zero attached hydrogens (tertiary/aromatic N) is 7. The summed E-state index contributed by atoms with van der Waals surface area (Å²) in [5.74, 6) is -0.371. The summed E-state index contributed by atoms with van der Waals surface area (Å²) in [6.07, 6.45) is 6.92. The van der Waals surface area contributed by atoms with Crippen LogP contribution < -0.4 is 25.6 Å². The van der Waals surface area contributed by atoms with Crippen molar-refractivity contribution in [2.24, 2.45) is 5.92 Å². The van der Waals surface area contributed by atoms with E-state index in [1.54, 1.807) is 30.9 Å². The van der Waals surface area contributed by atoms with Crippen LogP contribution in [0, 0.1) is 12.8 Å². The van der Waals surface area contributed by atoms with Crippen LogP contribution in [-0.4, -0.2) is 90.7 Å². The Morgan fingerprint density at radius 2 is 1.71 bits per heavy atom. The fourth-order valence-corrected chi connectivity index (χ4v) is 8.23. The molecule has 58 heavy (non-hydrogen) atoms. The normalized spacial score (nSPS) is 20.8. The SMILES string of the molecule is Cc1cccc(C(=O)NC2CC(n3cnc4c(NCc5ccc(OCC6CCN(c7ccc8c(c7)C(=O)N(C7CCC(=O)NC7=O)C8=O)CC6)cc5)ncnc43)C2)n1. The van der Waals surface area contributed by atoms with Gasteiger partial charge >= 0.3 is 0 Å². The van der Waals surface area contributed by atoms with Crippen LogP contribution in [0.4, 0.5) is 11.5 Å². The topological polar surface area (TPSA) is 194 Å². The number of pyridine rings is 1. The molecule has 0 bridgehead atoms. The zero-order valence-corrected chi connectivity index (χ0v) is 31.9. The van der Waals surface area contributed by atoms with E-state index in [9.17, 15) is 24.0 Å². The van der Waals surface area contributed by atoms with Crippen LogP contribution >= 0.6 is 0 Å². The number of benzene rings is 2. The van der Waals surface area contributed by atoms with Gasteiger partial charge in [0.2, 0.25) is 11.8 Å². The molecule has 1 atom stereocenters. The van der Waals surface area contributed by atoms with Crippen molar-refractivity contribution in [3.05, 3.63) is 101 Å². The number of rotatable bonds is 11. The maximum absolute atomic E-state index is 13.3. The molecule has 2 aromatic carbocycles. The Hall–Kier alpha value is -6.71. The minimum Gasteiger partial charge on any atom is -0.493 e. The van der Waals surface area contributed by atoms with Gasteiger partial charge < -0.3 is 24.8 Å². The van der Waals surface area contributed by atoms with E-state index in [0.29, 0.717) is 36.1 Å². The lowest BCUT2D eigenvalue weighted by molar-refractivity contribution is -0.136. The van der Waals surface area contributed by atoms with Crippen molar-refractivity contribution in [3.63, 3.8) is 0 Å². The van der Waals surface area contributed by atoms with Crippen molar-refractivity contribution in [1.29, 1.82) is 0 Å². The van der Waals surface area contributed by atoms with Gasteiger partial charge in [-0.15, -0.1) is 0 Å². The molecule has 3 fully saturated rings. The molecular weight excluding hydrogens is 741 g/mol. The monoisotopic (exact) mass is 782 g/mol. The van der Waals surface area contributed by atoms with Crippen LogP contribution in [0.5, 0.6) is 5.75 Å². The molecule has 3 aliphatic heterocycles. The summed E-state index contributed by atoms with van der Waals surface area (Å²) < 4.78 is 8.25. The number of carbonyl (C=O) groups excluding carboxylic acids is 5.